The molecule has 1 aliphatic heterocycles. The molecule has 0 amide bonds. The summed E-state index contributed by atoms with van der Waals surface area (Å²) in [5, 5.41) is 13.2. The van der Waals surface area contributed by atoms with Gasteiger partial charge in [-0.2, -0.15) is 5.26 Å². The van der Waals surface area contributed by atoms with Crippen LogP contribution in [0.15, 0.2) is 24.5 Å². The Morgan fingerprint density at radius 1 is 1.26 bits per heavy atom. The zero-order valence-corrected chi connectivity index (χ0v) is 19.4. The van der Waals surface area contributed by atoms with Crippen molar-refractivity contribution in [1.29, 1.82) is 5.26 Å². The maximum absolute atomic E-state index is 14.2. The van der Waals surface area contributed by atoms with E-state index in [0.717, 1.165) is 31.5 Å². The Kier molecular flexibility index (Phi) is 8.54. The van der Waals surface area contributed by atoms with Gasteiger partial charge in [-0.15, -0.1) is 5.06 Å². The lowest BCUT2D eigenvalue weighted by atomic mass is 9.97. The van der Waals surface area contributed by atoms with Crippen molar-refractivity contribution in [1.82, 2.24) is 15.0 Å². The smallest absolute Gasteiger partial charge is 0.430 e. The van der Waals surface area contributed by atoms with Gasteiger partial charge in [-0.1, -0.05) is 0 Å². The predicted molar refractivity (Wildman–Crippen MR) is 121 cm³/mol. The Bertz CT molecular complexity index is 1040. The zero-order valence-electron chi connectivity index (χ0n) is 19.4. The molecule has 0 radical (unpaired) electrons. The first-order valence-electron chi connectivity index (χ1n) is 11.2. The van der Waals surface area contributed by atoms with E-state index in [4.69, 9.17) is 14.8 Å². The Labute approximate surface area is 197 Å². The molecule has 0 spiro atoms. The van der Waals surface area contributed by atoms with E-state index in [1.807, 2.05) is 6.92 Å². The van der Waals surface area contributed by atoms with Gasteiger partial charge in [0.1, 0.15) is 35.7 Å². The number of carbonyl (C=O) groups is 1. The number of hydroxylamine groups is 2. The number of hydrogen-bond donors (Lipinski definition) is 1. The van der Waals surface area contributed by atoms with Crippen LogP contribution in [0.4, 0.5) is 30.9 Å². The van der Waals surface area contributed by atoms with E-state index in [0.29, 0.717) is 37.2 Å². The molecule has 0 bridgehead atoms. The number of nitriles is 1. The summed E-state index contributed by atoms with van der Waals surface area (Å²) in [6.07, 6.45) is 2.09. The van der Waals surface area contributed by atoms with Crippen LogP contribution < -0.4 is 10.2 Å². The number of nitrogens with one attached hydrogen (secondary N) is 1. The summed E-state index contributed by atoms with van der Waals surface area (Å²) in [4.78, 5) is 27.4. The quantitative estimate of drug-likeness (QED) is 0.558. The molecule has 2 aromatic rings. The van der Waals surface area contributed by atoms with Crippen molar-refractivity contribution in [2.24, 2.45) is 5.92 Å². The number of rotatable bonds is 8. The van der Waals surface area contributed by atoms with E-state index in [1.54, 1.807) is 31.0 Å². The highest BCUT2D eigenvalue weighted by Crippen LogP contribution is 2.25. The van der Waals surface area contributed by atoms with E-state index in [2.05, 4.69) is 20.2 Å². The van der Waals surface area contributed by atoms with E-state index in [-0.39, 0.29) is 17.4 Å². The summed E-state index contributed by atoms with van der Waals surface area (Å²) in [6, 6.07) is 5.05. The number of ether oxygens (including phenoxy) is 1. The first-order chi connectivity index (χ1) is 16.3. The molecule has 182 valence electrons. The first-order valence-corrected chi connectivity index (χ1v) is 11.2. The van der Waals surface area contributed by atoms with Gasteiger partial charge in [0.15, 0.2) is 0 Å². The molecule has 0 saturated carbocycles. The molecule has 0 atom stereocenters. The number of benzene rings is 1. The minimum atomic E-state index is -0.816. The monoisotopic (exact) mass is 474 g/mol. The maximum Gasteiger partial charge on any atom is 0.528 e. The van der Waals surface area contributed by atoms with Crippen LogP contribution in [0.5, 0.6) is 0 Å². The lowest BCUT2D eigenvalue weighted by molar-refractivity contribution is -0.146. The van der Waals surface area contributed by atoms with Gasteiger partial charge in [0.05, 0.1) is 17.4 Å². The van der Waals surface area contributed by atoms with Crippen molar-refractivity contribution in [3.05, 3.63) is 41.7 Å². The lowest BCUT2D eigenvalue weighted by Gasteiger charge is -2.33. The lowest BCUT2D eigenvalue weighted by Crippen LogP contribution is -2.40. The zero-order chi connectivity index (χ0) is 24.7. The summed E-state index contributed by atoms with van der Waals surface area (Å²) in [5.41, 5.74) is -0.482. The van der Waals surface area contributed by atoms with Crippen molar-refractivity contribution in [3.8, 4) is 6.07 Å². The number of hydrogen-bond acceptors (Lipinski definition) is 9. The molecule has 3 rings (SSSR count). The molecule has 2 heterocycles. The van der Waals surface area contributed by atoms with E-state index in [1.165, 1.54) is 6.33 Å². The fraction of sp³-hybridized carbons (Fsp3) is 0.478. The molecule has 34 heavy (non-hydrogen) atoms. The van der Waals surface area contributed by atoms with Crippen molar-refractivity contribution in [2.45, 2.75) is 39.7 Å². The van der Waals surface area contributed by atoms with Crippen LogP contribution in [-0.2, 0) is 9.57 Å². The number of carbonyl (C=O) groups excluding carboxylic acids is 1. The number of piperidine rings is 1. The molecule has 1 saturated heterocycles. The number of anilines is 3. The molecule has 1 N–H and O–H groups in total. The van der Waals surface area contributed by atoms with Gasteiger partial charge >= 0.3 is 6.16 Å². The van der Waals surface area contributed by atoms with Crippen molar-refractivity contribution in [2.75, 3.05) is 36.4 Å². The van der Waals surface area contributed by atoms with Gasteiger partial charge in [-0.3, -0.25) is 0 Å². The van der Waals surface area contributed by atoms with Crippen molar-refractivity contribution < 1.29 is 23.1 Å². The third kappa shape index (κ3) is 6.74. The van der Waals surface area contributed by atoms with Gasteiger partial charge in [0.25, 0.3) is 0 Å². The highest BCUT2D eigenvalue weighted by Gasteiger charge is 2.25. The van der Waals surface area contributed by atoms with Gasteiger partial charge in [0.2, 0.25) is 0 Å². The summed E-state index contributed by atoms with van der Waals surface area (Å²) >= 11 is 0. The molecule has 0 aliphatic carbocycles. The number of aromatic nitrogens is 2. The summed E-state index contributed by atoms with van der Waals surface area (Å²) in [6.45, 7) is 8.17. The van der Waals surface area contributed by atoms with Crippen LogP contribution in [0.25, 0.3) is 0 Å². The van der Waals surface area contributed by atoms with E-state index < -0.39 is 17.8 Å². The molecule has 0 unspecified atom stereocenters. The average molecular weight is 475 g/mol. The third-order valence-corrected chi connectivity index (χ3v) is 5.39. The second kappa shape index (κ2) is 11.6. The summed E-state index contributed by atoms with van der Waals surface area (Å²) < 4.78 is 33.1. The second-order valence-electron chi connectivity index (χ2n) is 8.23. The van der Waals surface area contributed by atoms with Crippen LogP contribution >= 0.6 is 0 Å². The molecule has 1 aromatic carbocycles. The van der Waals surface area contributed by atoms with Gasteiger partial charge in [-0.05, 0) is 45.6 Å². The second-order valence-corrected chi connectivity index (χ2v) is 8.23. The normalized spacial score (nSPS) is 14.5. The third-order valence-electron chi connectivity index (χ3n) is 5.39. The maximum atomic E-state index is 14.2. The highest BCUT2D eigenvalue weighted by atomic mass is 19.1. The fourth-order valence-corrected chi connectivity index (χ4v) is 3.65. The predicted octanol–water partition coefficient (Wildman–Crippen LogP) is 4.38. The molecule has 1 fully saturated rings. The van der Waals surface area contributed by atoms with Crippen LogP contribution in [-0.4, -0.2) is 53.5 Å². The molecule has 9 nitrogen and oxygen atoms in total. The Morgan fingerprint density at radius 2 is 2.00 bits per heavy atom. The van der Waals surface area contributed by atoms with Crippen LogP contribution in [0.1, 0.15) is 39.2 Å². The van der Waals surface area contributed by atoms with Gasteiger partial charge in [-0.25, -0.2) is 23.5 Å². The summed E-state index contributed by atoms with van der Waals surface area (Å²) in [7, 11) is 0. The standard InChI is InChI=1S/C23H28F2N6O3/c1-4-30(13-16-5-7-31(8-6-16)34-23(32)33-15(2)3)22-11-21(27-14-28-22)29-20-10-18(24)17(12-26)9-19(20)25/h9-11,14-16H,4-8,13H2,1-3H3,(H,27,28,29). The molecular weight excluding hydrogens is 446 g/mol. The first kappa shape index (κ1) is 25.1. The fourth-order valence-electron chi connectivity index (χ4n) is 3.65. The van der Waals surface area contributed by atoms with Crippen molar-refractivity contribution >= 4 is 23.5 Å². The molecule has 1 aliphatic rings. The van der Waals surface area contributed by atoms with Gasteiger partial charge < -0.3 is 19.8 Å². The minimum absolute atomic E-state index is 0.118. The van der Waals surface area contributed by atoms with Crippen LogP contribution in [0, 0.1) is 28.9 Å². The SMILES string of the molecule is CCN(CC1CCN(OC(=O)OC(C)C)CC1)c1cc(Nc2cc(F)c(C#N)cc2F)ncn1. The number of nitrogens with zero attached hydrogens (tertiary/aromatic N) is 5. The Balaban J connectivity index is 1.60. The average Bonchev–Trinajstić information content (AvgIpc) is 2.80. The molecular formula is C23H28F2N6O3. The van der Waals surface area contributed by atoms with E-state index in [9.17, 15) is 13.6 Å². The number of halogens is 2. The Hall–Kier alpha value is -3.52. The van der Waals surface area contributed by atoms with Crippen molar-refractivity contribution in [3.63, 3.8) is 0 Å². The highest BCUT2D eigenvalue weighted by molar-refractivity contribution is 5.61. The van der Waals surface area contributed by atoms with Crippen LogP contribution in [0.2, 0.25) is 0 Å². The Morgan fingerprint density at radius 3 is 2.65 bits per heavy atom. The van der Waals surface area contributed by atoms with Crippen LogP contribution in [0.3, 0.4) is 0 Å². The van der Waals surface area contributed by atoms with Gasteiger partial charge in [0, 0.05) is 38.3 Å². The summed E-state index contributed by atoms with van der Waals surface area (Å²) in [5.74, 6) is -0.259. The topological polar surface area (TPSA) is 104 Å². The van der Waals surface area contributed by atoms with E-state index >= 15 is 0 Å². The largest absolute Gasteiger partial charge is 0.528 e. The molecule has 1 aromatic heterocycles. The molecule has 11 heteroatoms. The minimum Gasteiger partial charge on any atom is -0.430 e.